The number of anilines is 1. The number of fused-ring (bicyclic) bond motifs is 1. The molecule has 3 aromatic carbocycles. The number of methoxy groups -OCH3 is 1. The lowest BCUT2D eigenvalue weighted by Crippen LogP contribution is -2.52. The van der Waals surface area contributed by atoms with E-state index in [1.807, 2.05) is 86.3 Å². The number of carbonyl (C=O) groups excluding carboxylic acids is 1. The summed E-state index contributed by atoms with van der Waals surface area (Å²) >= 11 is 6.21. The van der Waals surface area contributed by atoms with Gasteiger partial charge in [-0.3, -0.25) is 4.79 Å². The number of aliphatic hydroxyl groups is 1. The van der Waals surface area contributed by atoms with Gasteiger partial charge in [-0.25, -0.2) is 0 Å². The van der Waals surface area contributed by atoms with E-state index in [1.54, 1.807) is 7.11 Å². The molecule has 7 heteroatoms. The third-order valence-electron chi connectivity index (χ3n) is 7.44. The molecule has 0 aliphatic carbocycles. The molecule has 2 aliphatic heterocycles. The molecule has 5 rings (SSSR count). The Morgan fingerprint density at radius 3 is 2.30 bits per heavy atom. The van der Waals surface area contributed by atoms with Crippen molar-refractivity contribution in [3.8, 4) is 11.5 Å². The minimum absolute atomic E-state index is 0.0188. The first kappa shape index (κ1) is 25.6. The van der Waals surface area contributed by atoms with Crippen LogP contribution in [0.3, 0.4) is 0 Å². The summed E-state index contributed by atoms with van der Waals surface area (Å²) in [5.74, 6) is 1.40. The monoisotopic (exact) mass is 520 g/mol. The Labute approximate surface area is 223 Å². The number of nitrogens with zero attached hydrogens (tertiary/aromatic N) is 1. The normalized spacial score (nSPS) is 19.3. The van der Waals surface area contributed by atoms with E-state index in [9.17, 15) is 9.90 Å². The highest BCUT2D eigenvalue weighted by Gasteiger charge is 2.39. The molecule has 1 unspecified atom stereocenters. The molecule has 1 amide bonds. The summed E-state index contributed by atoms with van der Waals surface area (Å²) in [5, 5.41) is 15.0. The first-order chi connectivity index (χ1) is 17.7. The van der Waals surface area contributed by atoms with Crippen LogP contribution in [0.4, 0.5) is 5.69 Å². The fraction of sp³-hybridized carbons (Fsp3) is 0.367. The maximum atomic E-state index is 13.7. The van der Waals surface area contributed by atoms with E-state index >= 15 is 0 Å². The van der Waals surface area contributed by atoms with Crippen molar-refractivity contribution in [1.29, 1.82) is 0 Å². The Balaban J connectivity index is 1.61. The van der Waals surface area contributed by atoms with Gasteiger partial charge in [-0.15, -0.1) is 0 Å². The molecule has 2 heterocycles. The van der Waals surface area contributed by atoms with Crippen LogP contribution in [0.1, 0.15) is 49.1 Å². The Hall–Kier alpha value is -3.06. The third kappa shape index (κ3) is 4.81. The Bertz CT molecular complexity index is 1280. The number of hydrogen-bond donors (Lipinski definition) is 2. The quantitative estimate of drug-likeness (QED) is 0.446. The molecular weight excluding hydrogens is 488 g/mol. The summed E-state index contributed by atoms with van der Waals surface area (Å²) in [6.45, 7) is 7.39. The van der Waals surface area contributed by atoms with Crippen LogP contribution in [0.25, 0.3) is 0 Å². The summed E-state index contributed by atoms with van der Waals surface area (Å²) in [7, 11) is 1.61. The maximum Gasteiger partial charge on any atom is 0.232 e. The molecule has 2 aliphatic rings. The Morgan fingerprint density at radius 2 is 1.73 bits per heavy atom. The zero-order valence-electron chi connectivity index (χ0n) is 21.6. The van der Waals surface area contributed by atoms with Gasteiger partial charge in [0.1, 0.15) is 0 Å². The lowest BCUT2D eigenvalue weighted by atomic mass is 9.79. The molecular formula is C30H33ClN2O4. The van der Waals surface area contributed by atoms with Crippen molar-refractivity contribution >= 4 is 23.2 Å². The van der Waals surface area contributed by atoms with Gasteiger partial charge in [-0.1, -0.05) is 35.9 Å². The number of amides is 1. The van der Waals surface area contributed by atoms with E-state index in [2.05, 4.69) is 5.32 Å². The maximum absolute atomic E-state index is 13.7. The van der Waals surface area contributed by atoms with Crippen LogP contribution in [0.15, 0.2) is 60.7 Å². The average Bonchev–Trinajstić information content (AvgIpc) is 2.82. The molecule has 0 aromatic heterocycles. The summed E-state index contributed by atoms with van der Waals surface area (Å²) in [6, 6.07) is 18.8. The van der Waals surface area contributed by atoms with Gasteiger partial charge in [0.2, 0.25) is 5.91 Å². The van der Waals surface area contributed by atoms with Crippen LogP contribution in [0.2, 0.25) is 5.02 Å². The average molecular weight is 521 g/mol. The SMILES string of the molecule is COc1cc2c(cc1OC(C)C)[C@H](c1ccc(Cl)cc1)N(c1ccc(C(C)(O)C3CNC3)cc1)C(=O)C2. The van der Waals surface area contributed by atoms with Gasteiger partial charge in [-0.05, 0) is 79.4 Å². The number of carbonyl (C=O) groups is 1. The first-order valence-corrected chi connectivity index (χ1v) is 13.1. The molecule has 194 valence electrons. The topological polar surface area (TPSA) is 71.0 Å². The molecule has 2 atom stereocenters. The van der Waals surface area contributed by atoms with Gasteiger partial charge < -0.3 is 24.8 Å². The van der Waals surface area contributed by atoms with Crippen molar-refractivity contribution in [2.24, 2.45) is 5.92 Å². The Kier molecular flexibility index (Phi) is 6.92. The predicted octanol–water partition coefficient (Wildman–Crippen LogP) is 5.24. The van der Waals surface area contributed by atoms with Crippen molar-refractivity contribution in [3.63, 3.8) is 0 Å². The van der Waals surface area contributed by atoms with Gasteiger partial charge in [0.15, 0.2) is 11.5 Å². The summed E-state index contributed by atoms with van der Waals surface area (Å²) in [4.78, 5) is 15.5. The minimum atomic E-state index is -0.933. The fourth-order valence-corrected chi connectivity index (χ4v) is 5.34. The molecule has 37 heavy (non-hydrogen) atoms. The highest BCUT2D eigenvalue weighted by atomic mass is 35.5. The number of hydrogen-bond acceptors (Lipinski definition) is 5. The van der Waals surface area contributed by atoms with Crippen LogP contribution in [-0.4, -0.2) is 37.3 Å². The number of benzene rings is 3. The predicted molar refractivity (Wildman–Crippen MR) is 146 cm³/mol. The van der Waals surface area contributed by atoms with Crippen molar-refractivity contribution in [3.05, 3.63) is 87.9 Å². The minimum Gasteiger partial charge on any atom is -0.493 e. The molecule has 0 spiro atoms. The zero-order chi connectivity index (χ0) is 26.3. The summed E-state index contributed by atoms with van der Waals surface area (Å²) < 4.78 is 11.7. The van der Waals surface area contributed by atoms with E-state index in [1.165, 1.54) is 0 Å². The van der Waals surface area contributed by atoms with E-state index < -0.39 is 5.60 Å². The lowest BCUT2D eigenvalue weighted by molar-refractivity contribution is -0.118. The first-order valence-electron chi connectivity index (χ1n) is 12.7. The molecule has 2 N–H and O–H groups in total. The number of halogens is 1. The van der Waals surface area contributed by atoms with Gasteiger partial charge in [0, 0.05) is 29.7 Å². The molecule has 3 aromatic rings. The molecule has 0 bridgehead atoms. The van der Waals surface area contributed by atoms with E-state index in [4.69, 9.17) is 21.1 Å². The standard InChI is InChI=1S/C30H33ClN2O4/c1-18(2)37-27-15-25-20(13-26(27)36-4)14-28(34)33(29(25)19-5-9-23(31)10-6-19)24-11-7-21(8-12-24)30(3,35)22-16-32-17-22/h5-13,15,18,22,29,32,35H,14,16-17H2,1-4H3/t29-,30?/m0/s1. The number of ether oxygens (including phenoxy) is 2. The van der Waals surface area contributed by atoms with Gasteiger partial charge >= 0.3 is 0 Å². The lowest BCUT2D eigenvalue weighted by Gasteiger charge is -2.41. The molecule has 1 fully saturated rings. The molecule has 6 nitrogen and oxygen atoms in total. The highest BCUT2D eigenvalue weighted by Crippen LogP contribution is 2.44. The van der Waals surface area contributed by atoms with E-state index in [-0.39, 0.29) is 30.4 Å². The van der Waals surface area contributed by atoms with Crippen LogP contribution < -0.4 is 19.7 Å². The van der Waals surface area contributed by atoms with Crippen molar-refractivity contribution in [2.75, 3.05) is 25.1 Å². The fourth-order valence-electron chi connectivity index (χ4n) is 5.21. The van der Waals surface area contributed by atoms with Gasteiger partial charge in [0.05, 0.1) is 31.3 Å². The highest BCUT2D eigenvalue weighted by molar-refractivity contribution is 6.30. The second-order valence-corrected chi connectivity index (χ2v) is 10.7. The van der Waals surface area contributed by atoms with E-state index in [0.29, 0.717) is 16.5 Å². The number of nitrogens with one attached hydrogen (secondary N) is 1. The van der Waals surface area contributed by atoms with Crippen molar-refractivity contribution in [1.82, 2.24) is 5.32 Å². The molecule has 0 radical (unpaired) electrons. The van der Waals surface area contributed by atoms with Crippen LogP contribution >= 0.6 is 11.6 Å². The molecule has 0 saturated carbocycles. The second kappa shape index (κ2) is 10.0. The summed E-state index contributed by atoms with van der Waals surface area (Å²) in [5.41, 5.74) is 3.51. The van der Waals surface area contributed by atoms with Gasteiger partial charge in [0.25, 0.3) is 0 Å². The zero-order valence-corrected chi connectivity index (χ0v) is 22.4. The van der Waals surface area contributed by atoms with Crippen LogP contribution in [0.5, 0.6) is 11.5 Å². The van der Waals surface area contributed by atoms with Crippen LogP contribution in [-0.2, 0) is 16.8 Å². The Morgan fingerprint density at radius 1 is 1.05 bits per heavy atom. The summed E-state index contributed by atoms with van der Waals surface area (Å²) in [6.07, 6.45) is 0.207. The van der Waals surface area contributed by atoms with Crippen LogP contribution in [0, 0.1) is 5.92 Å². The number of rotatable bonds is 7. The second-order valence-electron chi connectivity index (χ2n) is 10.3. The van der Waals surface area contributed by atoms with Crippen molar-refractivity contribution < 1.29 is 19.4 Å². The van der Waals surface area contributed by atoms with Crippen molar-refractivity contribution in [2.45, 2.75) is 44.9 Å². The van der Waals surface area contributed by atoms with Gasteiger partial charge in [-0.2, -0.15) is 0 Å². The smallest absolute Gasteiger partial charge is 0.232 e. The van der Waals surface area contributed by atoms with E-state index in [0.717, 1.165) is 41.0 Å². The largest absolute Gasteiger partial charge is 0.493 e. The third-order valence-corrected chi connectivity index (χ3v) is 7.70. The molecule has 1 saturated heterocycles.